The zero-order chi connectivity index (χ0) is 12.5. The van der Waals surface area contributed by atoms with Gasteiger partial charge >= 0.3 is 0 Å². The summed E-state index contributed by atoms with van der Waals surface area (Å²) >= 11 is 5.99. The second-order valence-corrected chi connectivity index (χ2v) is 4.30. The van der Waals surface area contributed by atoms with Crippen LogP contribution in [0.4, 0.5) is 4.39 Å². The van der Waals surface area contributed by atoms with E-state index in [1.165, 1.54) is 10.6 Å². The molecule has 2 aromatic heterocycles. The highest BCUT2D eigenvalue weighted by molar-refractivity contribution is 6.29. The van der Waals surface area contributed by atoms with E-state index in [1.54, 1.807) is 30.3 Å². The Labute approximate surface area is 108 Å². The predicted octanol–water partition coefficient (Wildman–Crippen LogP) is 3.11. The normalized spacial score (nSPS) is 11.0. The molecule has 5 heteroatoms. The highest BCUT2D eigenvalue weighted by Gasteiger charge is 2.08. The number of nitrogens with zero attached hydrogens (tertiary/aromatic N) is 3. The largest absolute Gasteiger partial charge is 0.212 e. The third-order valence-electron chi connectivity index (χ3n) is 2.66. The van der Waals surface area contributed by atoms with Crippen molar-refractivity contribution in [3.8, 4) is 0 Å². The van der Waals surface area contributed by atoms with E-state index in [0.717, 1.165) is 0 Å². The standard InChI is InChI=1S/C13H9ClFN3/c14-11-6-3-7-13-16-12(17-18(11)13)8-9-4-1-2-5-10(9)15/h1-7H,8H2. The minimum absolute atomic E-state index is 0.248. The molecule has 0 spiro atoms. The van der Waals surface area contributed by atoms with E-state index in [1.807, 2.05) is 6.07 Å². The minimum Gasteiger partial charge on any atom is -0.212 e. The molecule has 0 N–H and O–H groups in total. The summed E-state index contributed by atoms with van der Waals surface area (Å²) in [5, 5.41) is 4.74. The first-order valence-corrected chi connectivity index (χ1v) is 5.85. The van der Waals surface area contributed by atoms with Gasteiger partial charge in [0.2, 0.25) is 0 Å². The lowest BCUT2D eigenvalue weighted by molar-refractivity contribution is 0.612. The van der Waals surface area contributed by atoms with Crippen molar-refractivity contribution in [2.24, 2.45) is 0 Å². The summed E-state index contributed by atoms with van der Waals surface area (Å²) in [5.41, 5.74) is 1.23. The Morgan fingerprint density at radius 2 is 1.94 bits per heavy atom. The van der Waals surface area contributed by atoms with E-state index in [-0.39, 0.29) is 5.82 Å². The van der Waals surface area contributed by atoms with Crippen LogP contribution in [0, 0.1) is 5.82 Å². The van der Waals surface area contributed by atoms with Crippen LogP contribution in [0.25, 0.3) is 5.65 Å². The van der Waals surface area contributed by atoms with E-state index >= 15 is 0 Å². The monoisotopic (exact) mass is 261 g/mol. The minimum atomic E-state index is -0.248. The number of hydrogen-bond acceptors (Lipinski definition) is 2. The third-order valence-corrected chi connectivity index (χ3v) is 2.95. The number of rotatable bonds is 2. The average molecular weight is 262 g/mol. The van der Waals surface area contributed by atoms with Gasteiger partial charge in [0.1, 0.15) is 11.0 Å². The van der Waals surface area contributed by atoms with Crippen LogP contribution in [-0.2, 0) is 6.42 Å². The summed E-state index contributed by atoms with van der Waals surface area (Å²) in [6.07, 6.45) is 0.352. The topological polar surface area (TPSA) is 30.2 Å². The fourth-order valence-corrected chi connectivity index (χ4v) is 2.00. The van der Waals surface area contributed by atoms with Gasteiger partial charge in [-0.1, -0.05) is 35.9 Å². The SMILES string of the molecule is Fc1ccccc1Cc1nc2cccc(Cl)n2n1. The molecule has 0 fully saturated rings. The number of pyridine rings is 1. The van der Waals surface area contributed by atoms with Crippen molar-refractivity contribution in [3.63, 3.8) is 0 Å². The smallest absolute Gasteiger partial charge is 0.157 e. The van der Waals surface area contributed by atoms with Gasteiger partial charge in [-0.25, -0.2) is 13.9 Å². The van der Waals surface area contributed by atoms with Crippen molar-refractivity contribution in [1.29, 1.82) is 0 Å². The molecule has 0 aliphatic rings. The molecular weight excluding hydrogens is 253 g/mol. The van der Waals surface area contributed by atoms with E-state index in [4.69, 9.17) is 11.6 Å². The van der Waals surface area contributed by atoms with E-state index in [2.05, 4.69) is 10.1 Å². The maximum Gasteiger partial charge on any atom is 0.157 e. The molecular formula is C13H9ClFN3. The van der Waals surface area contributed by atoms with E-state index in [0.29, 0.717) is 28.6 Å². The predicted molar refractivity (Wildman–Crippen MR) is 67.2 cm³/mol. The second-order valence-electron chi connectivity index (χ2n) is 3.91. The van der Waals surface area contributed by atoms with Gasteiger partial charge in [-0.2, -0.15) is 0 Å². The van der Waals surface area contributed by atoms with Crippen LogP contribution < -0.4 is 0 Å². The van der Waals surface area contributed by atoms with E-state index in [9.17, 15) is 4.39 Å². The fourth-order valence-electron chi connectivity index (χ4n) is 1.80. The van der Waals surface area contributed by atoms with Crippen molar-refractivity contribution < 1.29 is 4.39 Å². The molecule has 3 aromatic rings. The van der Waals surface area contributed by atoms with Gasteiger partial charge in [0, 0.05) is 6.42 Å². The highest BCUT2D eigenvalue weighted by atomic mass is 35.5. The summed E-state index contributed by atoms with van der Waals surface area (Å²) < 4.78 is 15.1. The first-order chi connectivity index (χ1) is 8.74. The number of aromatic nitrogens is 3. The highest BCUT2D eigenvalue weighted by Crippen LogP contribution is 2.14. The van der Waals surface area contributed by atoms with Crippen LogP contribution in [-0.4, -0.2) is 14.6 Å². The van der Waals surface area contributed by atoms with Crippen LogP contribution in [0.1, 0.15) is 11.4 Å². The van der Waals surface area contributed by atoms with Gasteiger partial charge in [-0.3, -0.25) is 0 Å². The summed E-state index contributed by atoms with van der Waals surface area (Å²) in [4.78, 5) is 4.31. The van der Waals surface area contributed by atoms with Gasteiger partial charge in [-0.05, 0) is 23.8 Å². The quantitative estimate of drug-likeness (QED) is 0.664. The first-order valence-electron chi connectivity index (χ1n) is 5.47. The Hall–Kier alpha value is -1.94. The molecule has 0 radical (unpaired) electrons. The molecule has 3 rings (SSSR count). The maximum absolute atomic E-state index is 13.5. The molecule has 1 aromatic carbocycles. The molecule has 0 atom stereocenters. The Morgan fingerprint density at radius 3 is 2.72 bits per heavy atom. The summed E-state index contributed by atoms with van der Waals surface area (Å²) in [6, 6.07) is 12.0. The summed E-state index contributed by atoms with van der Waals surface area (Å²) in [6.45, 7) is 0. The molecule has 0 aliphatic carbocycles. The zero-order valence-corrected chi connectivity index (χ0v) is 10.1. The summed E-state index contributed by atoms with van der Waals surface area (Å²) in [7, 11) is 0. The van der Waals surface area contributed by atoms with Gasteiger partial charge in [0.15, 0.2) is 11.5 Å². The molecule has 0 saturated heterocycles. The lowest BCUT2D eigenvalue weighted by Crippen LogP contribution is -1.95. The van der Waals surface area contributed by atoms with Crippen LogP contribution in [0.15, 0.2) is 42.5 Å². The van der Waals surface area contributed by atoms with Crippen molar-refractivity contribution >= 4 is 17.2 Å². The lowest BCUT2D eigenvalue weighted by Gasteiger charge is -1.98. The number of halogens is 2. The van der Waals surface area contributed by atoms with Crippen LogP contribution >= 0.6 is 11.6 Å². The number of fused-ring (bicyclic) bond motifs is 1. The Bertz CT molecular complexity index is 708. The molecule has 90 valence electrons. The van der Waals surface area contributed by atoms with Gasteiger partial charge in [0.05, 0.1) is 0 Å². The van der Waals surface area contributed by atoms with E-state index < -0.39 is 0 Å². The van der Waals surface area contributed by atoms with Crippen molar-refractivity contribution in [2.75, 3.05) is 0 Å². The molecule has 0 bridgehead atoms. The third kappa shape index (κ3) is 1.95. The van der Waals surface area contributed by atoms with Gasteiger partial charge in [-0.15, -0.1) is 5.10 Å². The second kappa shape index (κ2) is 4.38. The number of hydrogen-bond donors (Lipinski definition) is 0. The average Bonchev–Trinajstić information content (AvgIpc) is 2.76. The zero-order valence-electron chi connectivity index (χ0n) is 9.35. The molecule has 0 unspecified atom stereocenters. The molecule has 0 saturated carbocycles. The Morgan fingerprint density at radius 1 is 1.11 bits per heavy atom. The molecule has 2 heterocycles. The summed E-state index contributed by atoms with van der Waals surface area (Å²) in [5.74, 6) is 0.302. The fraction of sp³-hybridized carbons (Fsp3) is 0.0769. The Balaban J connectivity index is 2.01. The van der Waals surface area contributed by atoms with Crippen molar-refractivity contribution in [3.05, 3.63) is 64.8 Å². The molecule has 18 heavy (non-hydrogen) atoms. The lowest BCUT2D eigenvalue weighted by atomic mass is 10.1. The van der Waals surface area contributed by atoms with Crippen LogP contribution in [0.5, 0.6) is 0 Å². The van der Waals surface area contributed by atoms with Crippen LogP contribution in [0.2, 0.25) is 5.15 Å². The van der Waals surface area contributed by atoms with Crippen molar-refractivity contribution in [1.82, 2.24) is 14.6 Å². The molecule has 3 nitrogen and oxygen atoms in total. The molecule has 0 aliphatic heterocycles. The van der Waals surface area contributed by atoms with Crippen LogP contribution in [0.3, 0.4) is 0 Å². The van der Waals surface area contributed by atoms with Gasteiger partial charge in [0.25, 0.3) is 0 Å². The molecule has 0 amide bonds. The maximum atomic E-state index is 13.5. The first kappa shape index (κ1) is 11.2. The van der Waals surface area contributed by atoms with Gasteiger partial charge < -0.3 is 0 Å². The number of benzene rings is 1. The Kier molecular flexibility index (Phi) is 2.72. The van der Waals surface area contributed by atoms with Crippen molar-refractivity contribution in [2.45, 2.75) is 6.42 Å².